The zero-order valence-electron chi connectivity index (χ0n) is 10.0. The summed E-state index contributed by atoms with van der Waals surface area (Å²) < 4.78 is 0. The van der Waals surface area contributed by atoms with Gasteiger partial charge in [0.25, 0.3) is 0 Å². The van der Waals surface area contributed by atoms with Crippen LogP contribution >= 0.6 is 0 Å². The molecule has 1 nitrogen and oxygen atoms in total. The van der Waals surface area contributed by atoms with E-state index in [1.807, 2.05) is 0 Å². The fraction of sp³-hybridized carbons (Fsp3) is 0.923. The second kappa shape index (κ2) is 4.95. The van der Waals surface area contributed by atoms with Crippen LogP contribution in [0.3, 0.4) is 0 Å². The highest BCUT2D eigenvalue weighted by molar-refractivity contribution is 5.75. The van der Waals surface area contributed by atoms with E-state index >= 15 is 0 Å². The maximum Gasteiger partial charge on any atom is 0.129 e. The Bertz CT molecular complexity index is 185. The zero-order valence-corrected chi connectivity index (χ0v) is 10.0. The number of carbonyl (C=O) groups is 1. The van der Waals surface area contributed by atoms with Crippen LogP contribution in [0.5, 0.6) is 0 Å². The maximum atomic E-state index is 11.0. The smallest absolute Gasteiger partial charge is 0.129 e. The molecule has 1 saturated carbocycles. The van der Waals surface area contributed by atoms with Crippen molar-refractivity contribution in [3.05, 3.63) is 0 Å². The van der Waals surface area contributed by atoms with Gasteiger partial charge in [0.15, 0.2) is 0 Å². The van der Waals surface area contributed by atoms with E-state index in [9.17, 15) is 4.79 Å². The molecule has 0 aromatic carbocycles. The second-order valence-electron chi connectivity index (χ2n) is 5.44. The van der Waals surface area contributed by atoms with Crippen LogP contribution in [-0.4, -0.2) is 5.78 Å². The van der Waals surface area contributed by atoms with E-state index in [4.69, 9.17) is 0 Å². The highest BCUT2D eigenvalue weighted by atomic mass is 16.1. The summed E-state index contributed by atoms with van der Waals surface area (Å²) in [6.45, 7) is 8.78. The van der Waals surface area contributed by atoms with Crippen molar-refractivity contribution in [1.29, 1.82) is 0 Å². The first-order chi connectivity index (χ1) is 6.50. The fourth-order valence-electron chi connectivity index (χ4n) is 3.21. The summed E-state index contributed by atoms with van der Waals surface area (Å²) in [5, 5.41) is 0. The Hall–Kier alpha value is -0.330. The predicted octanol–water partition coefficient (Wildman–Crippen LogP) is 3.67. The number of ketones is 1. The van der Waals surface area contributed by atoms with Crippen molar-refractivity contribution in [2.75, 3.05) is 0 Å². The lowest BCUT2D eigenvalue weighted by Crippen LogP contribution is -2.29. The lowest BCUT2D eigenvalue weighted by molar-refractivity contribution is -0.117. The molecule has 82 valence electrons. The van der Waals surface area contributed by atoms with Gasteiger partial charge in [0.05, 0.1) is 0 Å². The quantitative estimate of drug-likeness (QED) is 0.673. The molecule has 1 fully saturated rings. The molecular weight excluding hydrogens is 172 g/mol. The lowest BCUT2D eigenvalue weighted by atomic mass is 9.68. The molecule has 0 amide bonds. The Morgan fingerprint density at radius 3 is 2.07 bits per heavy atom. The summed E-state index contributed by atoms with van der Waals surface area (Å²) >= 11 is 0. The molecular formula is C13H24O. The number of Topliss-reactive ketones (excluding diaryl/α,β-unsaturated/α-hetero) is 1. The van der Waals surface area contributed by atoms with Crippen molar-refractivity contribution in [2.24, 2.45) is 23.7 Å². The Morgan fingerprint density at radius 1 is 1.14 bits per heavy atom. The van der Waals surface area contributed by atoms with Gasteiger partial charge in [-0.1, -0.05) is 20.8 Å². The van der Waals surface area contributed by atoms with Crippen LogP contribution in [0.25, 0.3) is 0 Å². The van der Waals surface area contributed by atoms with Gasteiger partial charge in [-0.15, -0.1) is 0 Å². The van der Waals surface area contributed by atoms with Gasteiger partial charge >= 0.3 is 0 Å². The highest BCUT2D eigenvalue weighted by Crippen LogP contribution is 2.39. The Kier molecular flexibility index (Phi) is 4.15. The Labute approximate surface area is 88.3 Å². The summed E-state index contributed by atoms with van der Waals surface area (Å²) in [5.41, 5.74) is 0. The summed E-state index contributed by atoms with van der Waals surface area (Å²) in [6, 6.07) is 0. The molecule has 1 aliphatic rings. The fourth-order valence-corrected chi connectivity index (χ4v) is 3.21. The van der Waals surface area contributed by atoms with Gasteiger partial charge in [-0.25, -0.2) is 0 Å². The van der Waals surface area contributed by atoms with E-state index in [2.05, 4.69) is 20.8 Å². The average Bonchev–Trinajstić information content (AvgIpc) is 2.01. The van der Waals surface area contributed by atoms with Crippen LogP contribution in [-0.2, 0) is 4.79 Å². The van der Waals surface area contributed by atoms with Gasteiger partial charge in [0.1, 0.15) is 5.78 Å². The monoisotopic (exact) mass is 196 g/mol. The lowest BCUT2D eigenvalue weighted by Gasteiger charge is -2.38. The van der Waals surface area contributed by atoms with Crippen LogP contribution < -0.4 is 0 Å². The summed E-state index contributed by atoms with van der Waals surface area (Å²) in [6.07, 6.45) is 4.61. The van der Waals surface area contributed by atoms with E-state index < -0.39 is 0 Å². The van der Waals surface area contributed by atoms with Crippen LogP contribution in [0.2, 0.25) is 0 Å². The minimum Gasteiger partial charge on any atom is -0.300 e. The Morgan fingerprint density at radius 2 is 1.64 bits per heavy atom. The van der Waals surface area contributed by atoms with Crippen LogP contribution in [0.1, 0.15) is 53.4 Å². The van der Waals surface area contributed by atoms with Gasteiger partial charge < -0.3 is 4.79 Å². The van der Waals surface area contributed by atoms with Gasteiger partial charge in [-0.05, 0) is 49.9 Å². The molecule has 0 aliphatic heterocycles. The first-order valence-corrected chi connectivity index (χ1v) is 6.00. The zero-order chi connectivity index (χ0) is 10.7. The number of hydrogen-bond acceptors (Lipinski definition) is 1. The molecule has 0 saturated heterocycles. The van der Waals surface area contributed by atoms with Gasteiger partial charge in [-0.2, -0.15) is 0 Å². The normalized spacial score (nSPS) is 38.3. The van der Waals surface area contributed by atoms with E-state index in [1.165, 1.54) is 12.8 Å². The minimum absolute atomic E-state index is 0.350. The average molecular weight is 196 g/mol. The minimum atomic E-state index is 0.350. The van der Waals surface area contributed by atoms with Crippen molar-refractivity contribution < 1.29 is 4.79 Å². The number of rotatable bonds is 3. The molecule has 14 heavy (non-hydrogen) atoms. The second-order valence-corrected chi connectivity index (χ2v) is 5.44. The third-order valence-electron chi connectivity index (χ3n) is 3.84. The third-order valence-corrected chi connectivity index (χ3v) is 3.84. The molecule has 0 aromatic rings. The third kappa shape index (κ3) is 3.11. The van der Waals surface area contributed by atoms with Crippen molar-refractivity contribution in [1.82, 2.24) is 0 Å². The first kappa shape index (κ1) is 11.7. The maximum absolute atomic E-state index is 11.0. The van der Waals surface area contributed by atoms with Gasteiger partial charge in [-0.3, -0.25) is 0 Å². The first-order valence-electron chi connectivity index (χ1n) is 6.00. The Balaban J connectivity index is 2.45. The van der Waals surface area contributed by atoms with E-state index in [0.717, 1.165) is 36.5 Å². The molecule has 0 radical (unpaired) electrons. The highest BCUT2D eigenvalue weighted by Gasteiger charge is 2.30. The van der Waals surface area contributed by atoms with Crippen molar-refractivity contribution in [2.45, 2.75) is 53.4 Å². The number of carbonyl (C=O) groups excluding carboxylic acids is 1. The van der Waals surface area contributed by atoms with Gasteiger partial charge in [0, 0.05) is 6.42 Å². The SMILES string of the molecule is CC(=O)CCC1[C@H](C)CC(C)C[C@H]1C. The summed E-state index contributed by atoms with van der Waals surface area (Å²) in [7, 11) is 0. The van der Waals surface area contributed by atoms with E-state index in [1.54, 1.807) is 6.92 Å². The topological polar surface area (TPSA) is 17.1 Å². The molecule has 2 atom stereocenters. The largest absolute Gasteiger partial charge is 0.300 e. The molecule has 0 heterocycles. The van der Waals surface area contributed by atoms with E-state index in [-0.39, 0.29) is 0 Å². The van der Waals surface area contributed by atoms with Crippen molar-refractivity contribution in [3.63, 3.8) is 0 Å². The van der Waals surface area contributed by atoms with Gasteiger partial charge in [0.2, 0.25) is 0 Å². The van der Waals surface area contributed by atoms with Crippen molar-refractivity contribution in [3.8, 4) is 0 Å². The summed E-state index contributed by atoms with van der Waals surface area (Å²) in [5.74, 6) is 3.65. The molecule has 0 unspecified atom stereocenters. The standard InChI is InChI=1S/C13H24O/c1-9-7-10(2)13(11(3)8-9)6-5-12(4)14/h9-11,13H,5-8H2,1-4H3/t9?,10-,11-,13?/m1/s1. The molecule has 0 bridgehead atoms. The predicted molar refractivity (Wildman–Crippen MR) is 60.1 cm³/mol. The molecule has 1 aliphatic carbocycles. The van der Waals surface area contributed by atoms with Crippen LogP contribution in [0.15, 0.2) is 0 Å². The molecule has 1 heteroatoms. The molecule has 0 spiro atoms. The molecule has 1 rings (SSSR count). The van der Waals surface area contributed by atoms with E-state index in [0.29, 0.717) is 5.78 Å². The number of hydrogen-bond donors (Lipinski definition) is 0. The van der Waals surface area contributed by atoms with Crippen molar-refractivity contribution >= 4 is 5.78 Å². The van der Waals surface area contributed by atoms with Crippen LogP contribution in [0.4, 0.5) is 0 Å². The molecule has 0 aromatic heterocycles. The molecule has 0 N–H and O–H groups in total. The summed E-state index contributed by atoms with van der Waals surface area (Å²) in [4.78, 5) is 11.0. The van der Waals surface area contributed by atoms with Crippen LogP contribution in [0, 0.1) is 23.7 Å².